The number of nitrogens with two attached hydrogens (primary N) is 1. The number of halogens is 2. The number of fused-ring (bicyclic) bond motifs is 1. The highest BCUT2D eigenvalue weighted by atomic mass is 35.5. The van der Waals surface area contributed by atoms with Gasteiger partial charge in [-0.2, -0.15) is 0 Å². The third kappa shape index (κ3) is 2.46. The molecule has 0 bridgehead atoms. The highest BCUT2D eigenvalue weighted by molar-refractivity contribution is 6.31. The maximum absolute atomic E-state index is 13.4. The Morgan fingerprint density at radius 3 is 2.25 bits per heavy atom. The first-order valence-corrected chi connectivity index (χ1v) is 7.09. The Morgan fingerprint density at radius 2 is 1.65 bits per heavy atom. The van der Waals surface area contributed by atoms with Crippen molar-refractivity contribution >= 4 is 23.0 Å². The van der Waals surface area contributed by atoms with E-state index < -0.39 is 5.82 Å². The van der Waals surface area contributed by atoms with Crippen LogP contribution < -0.4 is 10.6 Å². The topological polar surface area (TPSA) is 29.3 Å². The van der Waals surface area contributed by atoms with Crippen LogP contribution in [0.2, 0.25) is 5.02 Å². The Morgan fingerprint density at radius 1 is 1.05 bits per heavy atom. The molecule has 104 valence electrons. The highest BCUT2D eigenvalue weighted by Gasteiger charge is 2.17. The monoisotopic (exact) mass is 290 g/mol. The van der Waals surface area contributed by atoms with E-state index in [1.54, 1.807) is 6.07 Å². The summed E-state index contributed by atoms with van der Waals surface area (Å²) in [5, 5.41) is 0.121. The van der Waals surface area contributed by atoms with Gasteiger partial charge < -0.3 is 10.6 Å². The fourth-order valence-electron chi connectivity index (χ4n) is 2.73. The van der Waals surface area contributed by atoms with E-state index in [9.17, 15) is 4.39 Å². The summed E-state index contributed by atoms with van der Waals surface area (Å²) in [5.74, 6) is -0.467. The molecule has 0 radical (unpaired) electrons. The molecule has 0 unspecified atom stereocenters. The average Bonchev–Trinajstić information content (AvgIpc) is 2.65. The summed E-state index contributed by atoms with van der Waals surface area (Å²) in [6.45, 7) is 1.73. The lowest BCUT2D eigenvalue weighted by molar-refractivity contribution is 0.628. The highest BCUT2D eigenvalue weighted by Crippen LogP contribution is 2.31. The molecule has 3 rings (SSSR count). The summed E-state index contributed by atoms with van der Waals surface area (Å²) < 4.78 is 13.4. The molecule has 20 heavy (non-hydrogen) atoms. The zero-order valence-corrected chi connectivity index (χ0v) is 11.8. The lowest BCUT2D eigenvalue weighted by Crippen LogP contribution is -2.26. The molecule has 2 aromatic carbocycles. The van der Waals surface area contributed by atoms with Crippen molar-refractivity contribution in [1.82, 2.24) is 0 Å². The SMILES string of the molecule is Nc1cc(F)c(Cl)cc1N1CCc2ccccc2CC1. The maximum Gasteiger partial charge on any atom is 0.143 e. The summed E-state index contributed by atoms with van der Waals surface area (Å²) in [5.41, 5.74) is 9.96. The van der Waals surface area contributed by atoms with Crippen molar-refractivity contribution in [2.75, 3.05) is 23.7 Å². The van der Waals surface area contributed by atoms with Crippen LogP contribution in [0.5, 0.6) is 0 Å². The molecule has 1 aliphatic rings. The van der Waals surface area contributed by atoms with Crippen molar-refractivity contribution in [2.45, 2.75) is 12.8 Å². The Kier molecular flexibility index (Phi) is 3.53. The lowest BCUT2D eigenvalue weighted by Gasteiger charge is -2.24. The summed E-state index contributed by atoms with van der Waals surface area (Å²) in [4.78, 5) is 2.18. The first-order chi connectivity index (χ1) is 9.65. The molecule has 4 heteroatoms. The molecule has 0 fully saturated rings. The Bertz CT molecular complexity index is 615. The minimum Gasteiger partial charge on any atom is -0.397 e. The van der Waals surface area contributed by atoms with Gasteiger partial charge >= 0.3 is 0 Å². The molecule has 0 atom stereocenters. The van der Waals surface area contributed by atoms with Crippen LogP contribution in [0.1, 0.15) is 11.1 Å². The number of nitrogens with zero attached hydrogens (tertiary/aromatic N) is 1. The van der Waals surface area contributed by atoms with E-state index >= 15 is 0 Å². The Balaban J connectivity index is 1.89. The second-order valence-corrected chi connectivity index (χ2v) is 5.49. The quantitative estimate of drug-likeness (QED) is 0.812. The molecule has 0 saturated heterocycles. The number of hydrogen-bond donors (Lipinski definition) is 1. The van der Waals surface area contributed by atoms with Gasteiger partial charge in [-0.3, -0.25) is 0 Å². The lowest BCUT2D eigenvalue weighted by atomic mass is 10.0. The van der Waals surface area contributed by atoms with Gasteiger partial charge in [-0.25, -0.2) is 4.39 Å². The average molecular weight is 291 g/mol. The fourth-order valence-corrected chi connectivity index (χ4v) is 2.89. The third-order valence-electron chi connectivity index (χ3n) is 3.83. The molecule has 0 saturated carbocycles. The summed E-state index contributed by atoms with van der Waals surface area (Å²) >= 11 is 5.88. The Hall–Kier alpha value is -1.74. The van der Waals surface area contributed by atoms with Gasteiger partial charge in [0, 0.05) is 19.2 Å². The van der Waals surface area contributed by atoms with Crippen molar-refractivity contribution < 1.29 is 4.39 Å². The van der Waals surface area contributed by atoms with Crippen molar-refractivity contribution in [2.24, 2.45) is 0 Å². The summed E-state index contributed by atoms with van der Waals surface area (Å²) in [6.07, 6.45) is 1.93. The molecular formula is C16H16ClFN2. The minimum absolute atomic E-state index is 0.121. The van der Waals surface area contributed by atoms with E-state index in [-0.39, 0.29) is 5.02 Å². The molecule has 1 aliphatic heterocycles. The van der Waals surface area contributed by atoms with E-state index in [4.69, 9.17) is 17.3 Å². The van der Waals surface area contributed by atoms with E-state index in [2.05, 4.69) is 29.2 Å². The number of nitrogen functional groups attached to an aromatic ring is 1. The zero-order valence-electron chi connectivity index (χ0n) is 11.1. The molecule has 1 heterocycles. The molecule has 2 nitrogen and oxygen atoms in total. The summed E-state index contributed by atoms with van der Waals surface area (Å²) in [7, 11) is 0. The van der Waals surface area contributed by atoms with Gasteiger partial charge in [0.1, 0.15) is 5.82 Å². The van der Waals surface area contributed by atoms with Gasteiger partial charge in [0.25, 0.3) is 0 Å². The van der Waals surface area contributed by atoms with Crippen LogP contribution in [0.25, 0.3) is 0 Å². The van der Waals surface area contributed by atoms with Gasteiger partial charge in [-0.05, 0) is 30.0 Å². The molecule has 2 N–H and O–H groups in total. The summed E-state index contributed by atoms with van der Waals surface area (Å²) in [6, 6.07) is 11.4. The Labute approximate surface area is 123 Å². The number of anilines is 2. The van der Waals surface area contributed by atoms with Crippen LogP contribution in [-0.4, -0.2) is 13.1 Å². The van der Waals surface area contributed by atoms with Gasteiger partial charge in [-0.1, -0.05) is 35.9 Å². The van der Waals surface area contributed by atoms with E-state index in [0.29, 0.717) is 5.69 Å². The van der Waals surface area contributed by atoms with Gasteiger partial charge in [-0.15, -0.1) is 0 Å². The van der Waals surface area contributed by atoms with Crippen LogP contribution in [0, 0.1) is 5.82 Å². The van der Waals surface area contributed by atoms with Crippen molar-refractivity contribution in [3.63, 3.8) is 0 Å². The van der Waals surface area contributed by atoms with E-state index in [1.807, 2.05) is 0 Å². The van der Waals surface area contributed by atoms with Crippen LogP contribution in [0.3, 0.4) is 0 Å². The molecule has 2 aromatic rings. The van der Waals surface area contributed by atoms with Gasteiger partial charge in [0.05, 0.1) is 16.4 Å². The molecule has 0 aliphatic carbocycles. The third-order valence-corrected chi connectivity index (χ3v) is 4.12. The van der Waals surface area contributed by atoms with E-state index in [1.165, 1.54) is 17.2 Å². The van der Waals surface area contributed by atoms with Crippen LogP contribution in [-0.2, 0) is 12.8 Å². The predicted molar refractivity (Wildman–Crippen MR) is 81.9 cm³/mol. The first-order valence-electron chi connectivity index (χ1n) is 6.71. The molecule has 0 aromatic heterocycles. The fraction of sp³-hybridized carbons (Fsp3) is 0.250. The standard InChI is InChI=1S/C16H16ClFN2/c17-13-9-16(15(19)10-14(13)18)20-7-5-11-3-1-2-4-12(11)6-8-20/h1-4,9-10H,5-8,19H2. The van der Waals surface area contributed by atoms with Crippen LogP contribution >= 0.6 is 11.6 Å². The van der Waals surface area contributed by atoms with Gasteiger partial charge in [0.15, 0.2) is 0 Å². The van der Waals surface area contributed by atoms with Gasteiger partial charge in [0.2, 0.25) is 0 Å². The maximum atomic E-state index is 13.4. The van der Waals surface area contributed by atoms with E-state index in [0.717, 1.165) is 31.6 Å². The minimum atomic E-state index is -0.467. The smallest absolute Gasteiger partial charge is 0.143 e. The predicted octanol–water partition coefficient (Wildman–Crippen LogP) is 3.67. The van der Waals surface area contributed by atoms with Crippen LogP contribution in [0.15, 0.2) is 36.4 Å². The number of rotatable bonds is 1. The second-order valence-electron chi connectivity index (χ2n) is 5.08. The van der Waals surface area contributed by atoms with Crippen molar-refractivity contribution in [3.05, 3.63) is 58.4 Å². The molecular weight excluding hydrogens is 275 g/mol. The molecule has 0 spiro atoms. The van der Waals surface area contributed by atoms with Crippen LogP contribution in [0.4, 0.5) is 15.8 Å². The number of hydrogen-bond acceptors (Lipinski definition) is 2. The molecule has 0 amide bonds. The normalized spacial score (nSPS) is 14.8. The zero-order chi connectivity index (χ0) is 14.1. The first kappa shape index (κ1) is 13.3. The number of benzene rings is 2. The largest absolute Gasteiger partial charge is 0.397 e. The van der Waals surface area contributed by atoms with Crippen molar-refractivity contribution in [3.8, 4) is 0 Å². The van der Waals surface area contributed by atoms with Crippen molar-refractivity contribution in [1.29, 1.82) is 0 Å². The second kappa shape index (κ2) is 5.33.